The van der Waals surface area contributed by atoms with Gasteiger partial charge in [0.1, 0.15) is 4.90 Å². The van der Waals surface area contributed by atoms with E-state index in [1.54, 1.807) is 7.05 Å². The highest BCUT2D eigenvalue weighted by Crippen LogP contribution is 2.29. The SMILES string of the molecule is Cc1cccc(N2CCN(c3nc4ccccc4nc3NS(=O)(=O)c3cnn(C)c3)CC2)c1. The van der Waals surface area contributed by atoms with E-state index in [2.05, 4.69) is 55.8 Å². The fraction of sp³-hybridized carbons (Fsp3) is 0.261. The van der Waals surface area contributed by atoms with Crippen LogP contribution in [0.5, 0.6) is 0 Å². The average Bonchev–Trinajstić information content (AvgIpc) is 3.26. The van der Waals surface area contributed by atoms with Crippen molar-refractivity contribution in [2.45, 2.75) is 11.8 Å². The number of aromatic nitrogens is 4. The Morgan fingerprint density at radius 1 is 0.909 bits per heavy atom. The highest BCUT2D eigenvalue weighted by Gasteiger charge is 2.25. The number of sulfonamides is 1. The molecule has 0 radical (unpaired) electrons. The van der Waals surface area contributed by atoms with Crippen LogP contribution in [0.25, 0.3) is 11.0 Å². The van der Waals surface area contributed by atoms with Crippen LogP contribution in [0.1, 0.15) is 5.56 Å². The first-order chi connectivity index (χ1) is 15.9. The highest BCUT2D eigenvalue weighted by molar-refractivity contribution is 7.92. The number of fused-ring (bicyclic) bond motifs is 1. The third-order valence-electron chi connectivity index (χ3n) is 5.72. The van der Waals surface area contributed by atoms with E-state index in [0.717, 1.165) is 18.6 Å². The molecule has 170 valence electrons. The summed E-state index contributed by atoms with van der Waals surface area (Å²) in [6.07, 6.45) is 2.77. The van der Waals surface area contributed by atoms with E-state index in [1.807, 2.05) is 24.3 Å². The molecule has 9 nitrogen and oxygen atoms in total. The van der Waals surface area contributed by atoms with Gasteiger partial charge in [-0.3, -0.25) is 9.40 Å². The maximum Gasteiger partial charge on any atom is 0.266 e. The summed E-state index contributed by atoms with van der Waals surface area (Å²) in [7, 11) is -2.18. The number of rotatable bonds is 5. The summed E-state index contributed by atoms with van der Waals surface area (Å²) in [5.74, 6) is 0.756. The van der Waals surface area contributed by atoms with Crippen LogP contribution in [-0.4, -0.2) is 54.3 Å². The number of para-hydroxylation sites is 2. The van der Waals surface area contributed by atoms with Crippen molar-refractivity contribution in [1.82, 2.24) is 19.7 Å². The van der Waals surface area contributed by atoms with E-state index in [4.69, 9.17) is 4.98 Å². The average molecular weight is 464 g/mol. The van der Waals surface area contributed by atoms with Crippen molar-refractivity contribution >= 4 is 38.4 Å². The van der Waals surface area contributed by atoms with E-state index in [1.165, 1.54) is 28.3 Å². The molecule has 5 rings (SSSR count). The Balaban J connectivity index is 1.46. The molecule has 1 aliphatic heterocycles. The van der Waals surface area contributed by atoms with Gasteiger partial charge in [0, 0.05) is 45.1 Å². The van der Waals surface area contributed by atoms with E-state index >= 15 is 0 Å². The van der Waals surface area contributed by atoms with Crippen LogP contribution >= 0.6 is 0 Å². The lowest BCUT2D eigenvalue weighted by Crippen LogP contribution is -2.47. The number of benzene rings is 2. The van der Waals surface area contributed by atoms with Gasteiger partial charge in [0.25, 0.3) is 10.0 Å². The lowest BCUT2D eigenvalue weighted by atomic mass is 10.2. The van der Waals surface area contributed by atoms with Crippen LogP contribution in [0.4, 0.5) is 17.3 Å². The smallest absolute Gasteiger partial charge is 0.266 e. The Kier molecular flexibility index (Phi) is 5.37. The molecule has 10 heteroatoms. The third kappa shape index (κ3) is 4.34. The summed E-state index contributed by atoms with van der Waals surface area (Å²) in [6, 6.07) is 15.9. The Hall–Kier alpha value is -3.66. The fourth-order valence-corrected chi connectivity index (χ4v) is 4.99. The molecule has 0 spiro atoms. The van der Waals surface area contributed by atoms with E-state index < -0.39 is 10.0 Å². The topological polar surface area (TPSA) is 96.2 Å². The summed E-state index contributed by atoms with van der Waals surface area (Å²) in [5.41, 5.74) is 3.76. The highest BCUT2D eigenvalue weighted by atomic mass is 32.2. The van der Waals surface area contributed by atoms with Crippen molar-refractivity contribution in [1.29, 1.82) is 0 Å². The van der Waals surface area contributed by atoms with E-state index in [9.17, 15) is 8.42 Å². The molecule has 0 amide bonds. The van der Waals surface area contributed by atoms with Crippen molar-refractivity contribution in [3.63, 3.8) is 0 Å². The summed E-state index contributed by atoms with van der Waals surface area (Å²) < 4.78 is 30.1. The van der Waals surface area contributed by atoms with Gasteiger partial charge >= 0.3 is 0 Å². The Morgan fingerprint density at radius 3 is 2.27 bits per heavy atom. The van der Waals surface area contributed by atoms with Gasteiger partial charge in [0.2, 0.25) is 0 Å². The minimum atomic E-state index is -3.85. The molecule has 0 saturated carbocycles. The lowest BCUT2D eigenvalue weighted by molar-refractivity contribution is 0.600. The molecule has 2 aromatic heterocycles. The van der Waals surface area contributed by atoms with Gasteiger partial charge in [-0.2, -0.15) is 5.10 Å². The molecule has 1 fully saturated rings. The van der Waals surface area contributed by atoms with Crippen molar-refractivity contribution in [2.75, 3.05) is 40.7 Å². The number of nitrogens with one attached hydrogen (secondary N) is 1. The molecule has 0 bridgehead atoms. The standard InChI is InChI=1S/C23H25N7O2S/c1-17-6-5-7-18(14-17)29-10-12-30(13-11-29)23-22(25-20-8-3-4-9-21(20)26-23)27-33(31,32)19-15-24-28(2)16-19/h3-9,14-16H,10-13H2,1-2H3,(H,25,27). The molecule has 1 N–H and O–H groups in total. The molecular formula is C23H25N7O2S. The van der Waals surface area contributed by atoms with E-state index in [0.29, 0.717) is 24.4 Å². The van der Waals surface area contributed by atoms with Gasteiger partial charge in [0.15, 0.2) is 11.6 Å². The summed E-state index contributed by atoms with van der Waals surface area (Å²) >= 11 is 0. The third-order valence-corrected chi connectivity index (χ3v) is 7.01. The first-order valence-corrected chi connectivity index (χ1v) is 12.2. The Bertz CT molecular complexity index is 1410. The maximum absolute atomic E-state index is 13.0. The van der Waals surface area contributed by atoms with Gasteiger partial charge in [0.05, 0.1) is 17.2 Å². The van der Waals surface area contributed by atoms with Gasteiger partial charge in [-0.1, -0.05) is 24.3 Å². The molecule has 1 aliphatic rings. The van der Waals surface area contributed by atoms with Crippen LogP contribution in [0.2, 0.25) is 0 Å². The number of hydrogen-bond donors (Lipinski definition) is 1. The Morgan fingerprint density at radius 2 is 1.61 bits per heavy atom. The van der Waals surface area contributed by atoms with Gasteiger partial charge in [-0.25, -0.2) is 18.4 Å². The Labute approximate surface area is 192 Å². The van der Waals surface area contributed by atoms with Gasteiger partial charge < -0.3 is 9.80 Å². The second-order valence-electron chi connectivity index (χ2n) is 8.15. The summed E-state index contributed by atoms with van der Waals surface area (Å²) in [5, 5.41) is 3.98. The molecule has 1 saturated heterocycles. The fourth-order valence-electron chi connectivity index (χ4n) is 4.00. The minimum Gasteiger partial charge on any atom is -0.368 e. The van der Waals surface area contributed by atoms with E-state index in [-0.39, 0.29) is 10.7 Å². The van der Waals surface area contributed by atoms with Crippen LogP contribution in [-0.2, 0) is 17.1 Å². The lowest BCUT2D eigenvalue weighted by Gasteiger charge is -2.37. The monoisotopic (exact) mass is 463 g/mol. The van der Waals surface area contributed by atoms with Crippen molar-refractivity contribution in [3.05, 3.63) is 66.5 Å². The zero-order valence-electron chi connectivity index (χ0n) is 18.5. The molecule has 3 heterocycles. The second-order valence-corrected chi connectivity index (χ2v) is 9.84. The van der Waals surface area contributed by atoms with Crippen LogP contribution < -0.4 is 14.5 Å². The molecule has 4 aromatic rings. The first-order valence-electron chi connectivity index (χ1n) is 10.7. The first kappa shape index (κ1) is 21.2. The van der Waals surface area contributed by atoms with Gasteiger partial charge in [-0.15, -0.1) is 0 Å². The predicted molar refractivity (Wildman–Crippen MR) is 129 cm³/mol. The number of piperazine rings is 1. The summed E-state index contributed by atoms with van der Waals surface area (Å²) in [6.45, 7) is 5.08. The zero-order valence-corrected chi connectivity index (χ0v) is 19.3. The van der Waals surface area contributed by atoms with Crippen LogP contribution in [0.3, 0.4) is 0 Å². The second kappa shape index (κ2) is 8.36. The molecule has 0 aliphatic carbocycles. The number of anilines is 3. The quantitative estimate of drug-likeness (QED) is 0.486. The number of nitrogens with zero attached hydrogens (tertiary/aromatic N) is 6. The van der Waals surface area contributed by atoms with Crippen molar-refractivity contribution in [3.8, 4) is 0 Å². The maximum atomic E-state index is 13.0. The molecule has 0 unspecified atom stereocenters. The minimum absolute atomic E-state index is 0.0789. The largest absolute Gasteiger partial charge is 0.368 e. The normalized spacial score (nSPS) is 14.6. The molecule has 0 atom stereocenters. The van der Waals surface area contributed by atoms with Crippen molar-refractivity contribution < 1.29 is 8.42 Å². The predicted octanol–water partition coefficient (Wildman–Crippen LogP) is 2.80. The van der Waals surface area contributed by atoms with Crippen molar-refractivity contribution in [2.24, 2.45) is 7.05 Å². The van der Waals surface area contributed by atoms with Crippen LogP contribution in [0.15, 0.2) is 65.8 Å². The summed E-state index contributed by atoms with van der Waals surface area (Å²) in [4.78, 5) is 13.9. The molecule has 33 heavy (non-hydrogen) atoms. The molecular weight excluding hydrogens is 438 g/mol. The number of aryl methyl sites for hydroxylation is 2. The zero-order chi connectivity index (χ0) is 23.0. The number of hydrogen-bond acceptors (Lipinski definition) is 7. The molecule has 2 aromatic carbocycles. The van der Waals surface area contributed by atoms with Crippen LogP contribution in [0, 0.1) is 6.92 Å². The van der Waals surface area contributed by atoms with Gasteiger partial charge in [-0.05, 0) is 36.8 Å².